The van der Waals surface area contributed by atoms with Gasteiger partial charge in [0.05, 0.1) is 6.42 Å². The lowest BCUT2D eigenvalue weighted by atomic mass is 10.00. The van der Waals surface area contributed by atoms with E-state index in [1.807, 2.05) is 0 Å². The summed E-state index contributed by atoms with van der Waals surface area (Å²) >= 11 is 3.36. The molecule has 1 heterocycles. The van der Waals surface area contributed by atoms with Gasteiger partial charge in [-0.15, -0.1) is 0 Å². The molecule has 2 aromatic carbocycles. The Balaban J connectivity index is 2.01. The lowest BCUT2D eigenvalue weighted by Gasteiger charge is -2.07. The molecule has 0 bridgehead atoms. The lowest BCUT2D eigenvalue weighted by molar-refractivity contribution is -0.115. The van der Waals surface area contributed by atoms with E-state index in [9.17, 15) is 9.59 Å². The van der Waals surface area contributed by atoms with Crippen LogP contribution in [0.25, 0.3) is 0 Å². The van der Waals surface area contributed by atoms with E-state index in [2.05, 4.69) is 21.2 Å². The zero-order valence-electron chi connectivity index (χ0n) is 10.4. The van der Waals surface area contributed by atoms with E-state index >= 15 is 0 Å². The fourth-order valence-corrected chi connectivity index (χ4v) is 2.67. The fourth-order valence-electron chi connectivity index (χ4n) is 2.24. The summed E-state index contributed by atoms with van der Waals surface area (Å²) in [6, 6.07) is 10.3. The summed E-state index contributed by atoms with van der Waals surface area (Å²) in [5.41, 5.74) is 8.95. The van der Waals surface area contributed by atoms with Gasteiger partial charge in [0.2, 0.25) is 5.91 Å². The van der Waals surface area contributed by atoms with Crippen molar-refractivity contribution in [3.63, 3.8) is 0 Å². The minimum atomic E-state index is -0.119. The highest BCUT2D eigenvalue weighted by Gasteiger charge is 2.20. The highest BCUT2D eigenvalue weighted by molar-refractivity contribution is 9.10. The number of hydrogen-bond acceptors (Lipinski definition) is 3. The second-order valence-corrected chi connectivity index (χ2v) is 5.52. The molecule has 1 amide bonds. The number of nitrogens with one attached hydrogen (secondary N) is 1. The summed E-state index contributed by atoms with van der Waals surface area (Å²) in [5, 5.41) is 2.74. The molecule has 0 aliphatic carbocycles. The molecule has 3 rings (SSSR count). The van der Waals surface area contributed by atoms with Crippen LogP contribution in [0.5, 0.6) is 0 Å². The molecule has 0 saturated carbocycles. The van der Waals surface area contributed by atoms with Crippen molar-refractivity contribution < 1.29 is 9.59 Å². The van der Waals surface area contributed by atoms with Crippen LogP contribution >= 0.6 is 15.9 Å². The first kappa shape index (κ1) is 12.9. The van der Waals surface area contributed by atoms with Crippen LogP contribution in [0.4, 0.5) is 11.4 Å². The maximum atomic E-state index is 12.5. The van der Waals surface area contributed by atoms with Gasteiger partial charge in [-0.2, -0.15) is 0 Å². The van der Waals surface area contributed by atoms with Crippen LogP contribution < -0.4 is 11.1 Å². The Morgan fingerprint density at radius 2 is 2.00 bits per heavy atom. The van der Waals surface area contributed by atoms with Crippen molar-refractivity contribution >= 4 is 39.0 Å². The zero-order chi connectivity index (χ0) is 14.3. The predicted octanol–water partition coefficient (Wildman–Crippen LogP) is 2.76. The van der Waals surface area contributed by atoms with E-state index in [1.54, 1.807) is 36.4 Å². The Hall–Kier alpha value is -2.14. The van der Waals surface area contributed by atoms with Crippen LogP contribution in [0, 0.1) is 0 Å². The summed E-state index contributed by atoms with van der Waals surface area (Å²) in [4.78, 5) is 23.8. The van der Waals surface area contributed by atoms with Crippen LogP contribution in [-0.2, 0) is 11.2 Å². The fraction of sp³-hybridized carbons (Fsp3) is 0.0667. The average molecular weight is 331 g/mol. The number of benzene rings is 2. The molecule has 0 fully saturated rings. The first-order valence-corrected chi connectivity index (χ1v) is 6.86. The summed E-state index contributed by atoms with van der Waals surface area (Å²) in [6.07, 6.45) is 0.314. The van der Waals surface area contributed by atoms with Gasteiger partial charge in [-0.05, 0) is 42.0 Å². The number of nitrogens with two attached hydrogens (primary N) is 1. The van der Waals surface area contributed by atoms with E-state index in [0.717, 1.165) is 11.3 Å². The van der Waals surface area contributed by atoms with E-state index in [0.29, 0.717) is 27.7 Å². The highest BCUT2D eigenvalue weighted by atomic mass is 79.9. The predicted molar refractivity (Wildman–Crippen MR) is 80.8 cm³/mol. The Morgan fingerprint density at radius 1 is 1.20 bits per heavy atom. The highest BCUT2D eigenvalue weighted by Crippen LogP contribution is 2.27. The molecule has 5 heteroatoms. The Kier molecular flexibility index (Phi) is 3.06. The first-order chi connectivity index (χ1) is 9.54. The van der Waals surface area contributed by atoms with Crippen LogP contribution in [0.1, 0.15) is 21.5 Å². The number of carbonyl (C=O) groups excluding carboxylic acids is 2. The van der Waals surface area contributed by atoms with Crippen molar-refractivity contribution in [2.24, 2.45) is 0 Å². The topological polar surface area (TPSA) is 72.2 Å². The molecule has 0 atom stereocenters. The summed E-state index contributed by atoms with van der Waals surface area (Å²) < 4.78 is 0.700. The van der Waals surface area contributed by atoms with Gasteiger partial charge in [-0.1, -0.05) is 15.9 Å². The van der Waals surface area contributed by atoms with Gasteiger partial charge in [0.25, 0.3) is 0 Å². The second-order valence-electron chi connectivity index (χ2n) is 4.67. The van der Waals surface area contributed by atoms with Crippen molar-refractivity contribution in [2.45, 2.75) is 6.42 Å². The monoisotopic (exact) mass is 330 g/mol. The molecular weight excluding hydrogens is 320 g/mol. The Morgan fingerprint density at radius 3 is 2.80 bits per heavy atom. The molecule has 1 aliphatic heterocycles. The molecule has 4 nitrogen and oxygen atoms in total. The number of rotatable bonds is 2. The molecular formula is C15H11BrN2O2. The standard InChI is InChI=1S/C15H11BrN2O2/c16-12-3-2-10(17)7-11(12)15(20)8-1-4-13-9(5-8)6-14(19)18-13/h1-5,7H,6,17H2,(H,18,19). The molecule has 0 spiro atoms. The molecule has 2 aromatic rings. The average Bonchev–Trinajstić information content (AvgIpc) is 2.79. The molecule has 100 valence electrons. The van der Waals surface area contributed by atoms with Gasteiger partial charge in [-0.25, -0.2) is 0 Å². The van der Waals surface area contributed by atoms with Gasteiger partial charge >= 0.3 is 0 Å². The third kappa shape index (κ3) is 2.20. The number of nitrogen functional groups attached to an aromatic ring is 1. The molecule has 20 heavy (non-hydrogen) atoms. The minimum Gasteiger partial charge on any atom is -0.399 e. The van der Waals surface area contributed by atoms with E-state index < -0.39 is 0 Å². The number of halogens is 1. The van der Waals surface area contributed by atoms with Crippen molar-refractivity contribution in [2.75, 3.05) is 11.1 Å². The number of anilines is 2. The van der Waals surface area contributed by atoms with Crippen molar-refractivity contribution in [1.82, 2.24) is 0 Å². The Bertz CT molecular complexity index is 741. The number of carbonyl (C=O) groups is 2. The third-order valence-electron chi connectivity index (χ3n) is 3.23. The number of hydrogen-bond donors (Lipinski definition) is 2. The third-order valence-corrected chi connectivity index (χ3v) is 3.92. The van der Waals surface area contributed by atoms with E-state index in [1.165, 1.54) is 0 Å². The SMILES string of the molecule is Nc1ccc(Br)c(C(=O)c2ccc3c(c2)CC(=O)N3)c1. The van der Waals surface area contributed by atoms with Crippen molar-refractivity contribution in [1.29, 1.82) is 0 Å². The lowest BCUT2D eigenvalue weighted by Crippen LogP contribution is -2.04. The minimum absolute atomic E-state index is 0.0465. The van der Waals surface area contributed by atoms with Crippen molar-refractivity contribution in [3.05, 3.63) is 57.6 Å². The van der Waals surface area contributed by atoms with E-state index in [-0.39, 0.29) is 11.7 Å². The van der Waals surface area contributed by atoms with Crippen LogP contribution in [-0.4, -0.2) is 11.7 Å². The van der Waals surface area contributed by atoms with E-state index in [4.69, 9.17) is 5.73 Å². The van der Waals surface area contributed by atoms with Gasteiger partial charge < -0.3 is 11.1 Å². The summed E-state index contributed by atoms with van der Waals surface area (Å²) in [6.45, 7) is 0. The summed E-state index contributed by atoms with van der Waals surface area (Å²) in [5.74, 6) is -0.166. The number of fused-ring (bicyclic) bond motifs is 1. The van der Waals surface area contributed by atoms with Gasteiger partial charge in [0, 0.05) is 27.0 Å². The smallest absolute Gasteiger partial charge is 0.228 e. The molecule has 0 radical (unpaired) electrons. The molecule has 0 unspecified atom stereocenters. The molecule has 0 saturated heterocycles. The molecule has 1 aliphatic rings. The van der Waals surface area contributed by atoms with Gasteiger partial charge in [0.1, 0.15) is 0 Å². The largest absolute Gasteiger partial charge is 0.399 e. The maximum absolute atomic E-state index is 12.5. The quantitative estimate of drug-likeness (QED) is 0.657. The first-order valence-electron chi connectivity index (χ1n) is 6.07. The van der Waals surface area contributed by atoms with Crippen molar-refractivity contribution in [3.8, 4) is 0 Å². The summed E-state index contributed by atoms with van der Waals surface area (Å²) in [7, 11) is 0. The second kappa shape index (κ2) is 4.76. The Labute approximate surface area is 124 Å². The maximum Gasteiger partial charge on any atom is 0.228 e. The van der Waals surface area contributed by atoms with Crippen LogP contribution in [0.2, 0.25) is 0 Å². The van der Waals surface area contributed by atoms with Gasteiger partial charge in [-0.3, -0.25) is 9.59 Å². The normalized spacial score (nSPS) is 12.9. The zero-order valence-corrected chi connectivity index (χ0v) is 12.0. The molecule has 3 N–H and O–H groups in total. The van der Waals surface area contributed by atoms with Crippen LogP contribution in [0.3, 0.4) is 0 Å². The number of amides is 1. The number of ketones is 1. The van der Waals surface area contributed by atoms with Crippen LogP contribution in [0.15, 0.2) is 40.9 Å². The van der Waals surface area contributed by atoms with Gasteiger partial charge in [0.15, 0.2) is 5.78 Å². The molecule has 0 aromatic heterocycles.